The van der Waals surface area contributed by atoms with E-state index < -0.39 is 0 Å². The number of nitrogens with one attached hydrogen (secondary N) is 1. The topological polar surface area (TPSA) is 43.4 Å². The van der Waals surface area contributed by atoms with Crippen LogP contribution in [-0.4, -0.2) is 18.2 Å². The van der Waals surface area contributed by atoms with Gasteiger partial charge in [0, 0.05) is 6.54 Å². The first-order valence-electron chi connectivity index (χ1n) is 6.17. The van der Waals surface area contributed by atoms with Crippen LogP contribution in [0.5, 0.6) is 11.5 Å². The number of benzene rings is 1. The predicted octanol–water partition coefficient (Wildman–Crippen LogP) is 3.88. The summed E-state index contributed by atoms with van der Waals surface area (Å²) in [5.41, 5.74) is 1.07. The summed E-state index contributed by atoms with van der Waals surface area (Å²) in [6.07, 6.45) is 0. The second-order valence-corrected chi connectivity index (χ2v) is 5.54. The van der Waals surface area contributed by atoms with Crippen LogP contribution in [-0.2, 0) is 6.54 Å². The van der Waals surface area contributed by atoms with Gasteiger partial charge in [-0.1, -0.05) is 17.7 Å². The second-order valence-electron chi connectivity index (χ2n) is 4.30. The Kier molecular flexibility index (Phi) is 3.98. The zero-order valence-corrected chi connectivity index (χ0v) is 12.9. The fourth-order valence-corrected chi connectivity index (χ4v) is 2.73. The third kappa shape index (κ3) is 2.99. The summed E-state index contributed by atoms with van der Waals surface area (Å²) in [5, 5.41) is 3.69. The minimum Gasteiger partial charge on any atom is -0.486 e. The number of halogens is 2. The fourth-order valence-electron chi connectivity index (χ4n) is 1.97. The SMILES string of the molecule is Clc1cccc(NCc2cc(Br)c3c(c2)OCCO3)n1. The van der Waals surface area contributed by atoms with E-state index in [-0.39, 0.29) is 0 Å². The molecule has 4 nitrogen and oxygen atoms in total. The van der Waals surface area contributed by atoms with Gasteiger partial charge in [0.2, 0.25) is 0 Å². The van der Waals surface area contributed by atoms with Crippen molar-refractivity contribution in [3.05, 3.63) is 45.5 Å². The maximum atomic E-state index is 5.85. The lowest BCUT2D eigenvalue weighted by Gasteiger charge is -2.20. The number of fused-ring (bicyclic) bond motifs is 1. The van der Waals surface area contributed by atoms with Crippen molar-refractivity contribution in [2.45, 2.75) is 6.54 Å². The molecule has 0 fully saturated rings. The Morgan fingerprint density at radius 1 is 1.25 bits per heavy atom. The minimum atomic E-state index is 0.471. The lowest BCUT2D eigenvalue weighted by Crippen LogP contribution is -2.16. The number of rotatable bonds is 3. The van der Waals surface area contributed by atoms with Crippen LogP contribution in [0.4, 0.5) is 5.82 Å². The number of aromatic nitrogens is 1. The van der Waals surface area contributed by atoms with E-state index >= 15 is 0 Å². The quantitative estimate of drug-likeness (QED) is 0.849. The molecule has 1 aliphatic heterocycles. The van der Waals surface area contributed by atoms with E-state index in [1.54, 1.807) is 6.07 Å². The molecule has 1 aliphatic rings. The molecule has 0 radical (unpaired) electrons. The molecule has 0 bridgehead atoms. The number of anilines is 1. The van der Waals surface area contributed by atoms with Crippen LogP contribution in [0.25, 0.3) is 0 Å². The molecule has 0 unspecified atom stereocenters. The van der Waals surface area contributed by atoms with Crippen LogP contribution in [0, 0.1) is 0 Å². The minimum absolute atomic E-state index is 0.471. The highest BCUT2D eigenvalue weighted by atomic mass is 79.9. The van der Waals surface area contributed by atoms with Gasteiger partial charge in [-0.05, 0) is 45.8 Å². The van der Waals surface area contributed by atoms with Crippen LogP contribution >= 0.6 is 27.5 Å². The van der Waals surface area contributed by atoms with Gasteiger partial charge in [0.1, 0.15) is 24.2 Å². The van der Waals surface area contributed by atoms with Gasteiger partial charge < -0.3 is 14.8 Å². The zero-order valence-electron chi connectivity index (χ0n) is 10.5. The molecule has 0 saturated heterocycles. The van der Waals surface area contributed by atoms with Gasteiger partial charge in [-0.15, -0.1) is 0 Å². The van der Waals surface area contributed by atoms with Crippen LogP contribution in [0.3, 0.4) is 0 Å². The maximum Gasteiger partial charge on any atom is 0.175 e. The van der Waals surface area contributed by atoms with Crippen molar-refractivity contribution in [1.82, 2.24) is 4.98 Å². The molecule has 0 aliphatic carbocycles. The van der Waals surface area contributed by atoms with Gasteiger partial charge in [-0.3, -0.25) is 0 Å². The molecule has 0 saturated carbocycles. The molecule has 104 valence electrons. The Morgan fingerprint density at radius 3 is 2.95 bits per heavy atom. The molecular weight excluding hydrogens is 344 g/mol. The summed E-state index contributed by atoms with van der Waals surface area (Å²) in [5.74, 6) is 2.27. The van der Waals surface area contributed by atoms with E-state index in [4.69, 9.17) is 21.1 Å². The largest absolute Gasteiger partial charge is 0.486 e. The standard InChI is InChI=1S/C14H12BrClN2O2/c15-10-6-9(7-11-14(10)20-5-4-19-11)8-17-13-3-1-2-12(16)18-13/h1-3,6-7H,4-5,8H2,(H,17,18). The monoisotopic (exact) mass is 354 g/mol. The van der Waals surface area contributed by atoms with Gasteiger partial charge in [0.05, 0.1) is 4.47 Å². The fraction of sp³-hybridized carbons (Fsp3) is 0.214. The summed E-state index contributed by atoms with van der Waals surface area (Å²) < 4.78 is 12.1. The third-order valence-corrected chi connectivity index (χ3v) is 3.64. The van der Waals surface area contributed by atoms with Crippen LogP contribution in [0.15, 0.2) is 34.8 Å². The Balaban J connectivity index is 1.76. The number of nitrogens with zero attached hydrogens (tertiary/aromatic N) is 1. The van der Waals surface area contributed by atoms with E-state index in [0.29, 0.717) is 24.9 Å². The number of pyridine rings is 1. The molecule has 0 atom stereocenters. The molecule has 1 aromatic carbocycles. The molecule has 0 amide bonds. The Bertz CT molecular complexity index is 637. The molecule has 2 aromatic rings. The number of ether oxygens (including phenoxy) is 2. The smallest absolute Gasteiger partial charge is 0.175 e. The van der Waals surface area contributed by atoms with Crippen molar-refractivity contribution in [2.75, 3.05) is 18.5 Å². The number of hydrogen-bond donors (Lipinski definition) is 1. The number of hydrogen-bond acceptors (Lipinski definition) is 4. The second kappa shape index (κ2) is 5.89. The highest BCUT2D eigenvalue weighted by molar-refractivity contribution is 9.10. The van der Waals surface area contributed by atoms with Gasteiger partial charge in [-0.25, -0.2) is 4.98 Å². The first-order valence-corrected chi connectivity index (χ1v) is 7.34. The summed E-state index contributed by atoms with van der Waals surface area (Å²) >= 11 is 9.35. The van der Waals surface area contributed by atoms with E-state index in [0.717, 1.165) is 27.4 Å². The van der Waals surface area contributed by atoms with E-state index in [2.05, 4.69) is 26.2 Å². The molecule has 0 spiro atoms. The lowest BCUT2D eigenvalue weighted by molar-refractivity contribution is 0.170. The van der Waals surface area contributed by atoms with Crippen molar-refractivity contribution in [3.63, 3.8) is 0 Å². The normalized spacial score (nSPS) is 13.1. The van der Waals surface area contributed by atoms with Crippen molar-refractivity contribution in [3.8, 4) is 11.5 Å². The van der Waals surface area contributed by atoms with Crippen LogP contribution < -0.4 is 14.8 Å². The molecule has 1 aromatic heterocycles. The van der Waals surface area contributed by atoms with E-state index in [1.807, 2.05) is 24.3 Å². The van der Waals surface area contributed by atoms with E-state index in [9.17, 15) is 0 Å². The average molecular weight is 356 g/mol. The van der Waals surface area contributed by atoms with Crippen LogP contribution in [0.2, 0.25) is 5.15 Å². The molecule has 2 heterocycles. The summed E-state index contributed by atoms with van der Waals surface area (Å²) in [6, 6.07) is 9.45. The summed E-state index contributed by atoms with van der Waals surface area (Å²) in [6.45, 7) is 1.78. The highest BCUT2D eigenvalue weighted by Gasteiger charge is 2.16. The van der Waals surface area contributed by atoms with Crippen LogP contribution in [0.1, 0.15) is 5.56 Å². The molecular formula is C14H12BrClN2O2. The van der Waals surface area contributed by atoms with Crippen molar-refractivity contribution in [1.29, 1.82) is 0 Å². The van der Waals surface area contributed by atoms with Crippen molar-refractivity contribution < 1.29 is 9.47 Å². The van der Waals surface area contributed by atoms with Gasteiger partial charge in [-0.2, -0.15) is 0 Å². The molecule has 3 rings (SSSR count). The predicted molar refractivity (Wildman–Crippen MR) is 81.7 cm³/mol. The lowest BCUT2D eigenvalue weighted by atomic mass is 10.2. The summed E-state index contributed by atoms with van der Waals surface area (Å²) in [7, 11) is 0. The third-order valence-electron chi connectivity index (χ3n) is 2.85. The molecule has 20 heavy (non-hydrogen) atoms. The summed E-state index contributed by atoms with van der Waals surface area (Å²) in [4.78, 5) is 4.18. The van der Waals surface area contributed by atoms with Gasteiger partial charge in [0.25, 0.3) is 0 Å². The van der Waals surface area contributed by atoms with Crippen molar-refractivity contribution in [2.24, 2.45) is 0 Å². The maximum absolute atomic E-state index is 5.85. The molecule has 1 N–H and O–H groups in total. The molecule has 6 heteroatoms. The average Bonchev–Trinajstić information content (AvgIpc) is 2.45. The Morgan fingerprint density at radius 2 is 2.10 bits per heavy atom. The van der Waals surface area contributed by atoms with Gasteiger partial charge >= 0.3 is 0 Å². The Labute approximate surface area is 130 Å². The Hall–Kier alpha value is -1.46. The highest BCUT2D eigenvalue weighted by Crippen LogP contribution is 2.38. The van der Waals surface area contributed by atoms with E-state index in [1.165, 1.54) is 0 Å². The first-order chi connectivity index (χ1) is 9.72. The van der Waals surface area contributed by atoms with Gasteiger partial charge in [0.15, 0.2) is 11.5 Å². The van der Waals surface area contributed by atoms with Crippen molar-refractivity contribution >= 4 is 33.3 Å². The first kappa shape index (κ1) is 13.5. The zero-order chi connectivity index (χ0) is 13.9.